The van der Waals surface area contributed by atoms with Crippen molar-refractivity contribution in [2.75, 3.05) is 23.8 Å². The van der Waals surface area contributed by atoms with Crippen molar-refractivity contribution in [2.45, 2.75) is 0 Å². The third-order valence-corrected chi connectivity index (χ3v) is 5.99. The van der Waals surface area contributed by atoms with E-state index in [1.807, 2.05) is 66.7 Å². The van der Waals surface area contributed by atoms with Gasteiger partial charge in [-0.3, -0.25) is 4.79 Å². The van der Waals surface area contributed by atoms with Crippen LogP contribution in [0.2, 0.25) is 0 Å². The van der Waals surface area contributed by atoms with Crippen molar-refractivity contribution < 1.29 is 9.90 Å². The molecule has 0 atom stereocenters. The smallest absolute Gasteiger partial charge is 0.274 e. The Hall–Kier alpha value is -4.21. The summed E-state index contributed by atoms with van der Waals surface area (Å²) in [5.74, 6) is 0.496. The summed E-state index contributed by atoms with van der Waals surface area (Å²) < 4.78 is 0. The van der Waals surface area contributed by atoms with E-state index in [1.165, 1.54) is 11.3 Å². The second-order valence-electron chi connectivity index (χ2n) is 7.32. The van der Waals surface area contributed by atoms with Crippen LogP contribution in [0.25, 0.3) is 32.3 Å². The van der Waals surface area contributed by atoms with Crippen LogP contribution in [-0.2, 0) is 0 Å². The van der Waals surface area contributed by atoms with Crippen LogP contribution in [0.3, 0.4) is 0 Å². The molecule has 0 saturated heterocycles. The summed E-state index contributed by atoms with van der Waals surface area (Å²) in [5, 5.41) is 15.9. The summed E-state index contributed by atoms with van der Waals surface area (Å²) in [7, 11) is 0. The zero-order valence-corrected chi connectivity index (χ0v) is 18.8. The Morgan fingerprint density at radius 1 is 0.941 bits per heavy atom. The largest absolute Gasteiger partial charge is 0.395 e. The molecule has 3 N–H and O–H groups in total. The van der Waals surface area contributed by atoms with Crippen LogP contribution in [0.15, 0.2) is 79.0 Å². The zero-order valence-electron chi connectivity index (χ0n) is 18.0. The maximum atomic E-state index is 13.3. The lowest BCUT2D eigenvalue weighted by Crippen LogP contribution is -2.17. The number of amides is 1. The predicted octanol–water partition coefficient (Wildman–Crippen LogP) is 4.47. The molecule has 0 aliphatic rings. The van der Waals surface area contributed by atoms with E-state index in [4.69, 9.17) is 0 Å². The highest BCUT2D eigenvalue weighted by molar-refractivity contribution is 7.21. The first-order valence-electron chi connectivity index (χ1n) is 10.6. The van der Waals surface area contributed by atoms with E-state index in [-0.39, 0.29) is 18.2 Å². The van der Waals surface area contributed by atoms with Crippen molar-refractivity contribution in [3.63, 3.8) is 0 Å². The minimum absolute atomic E-state index is 0.0589. The van der Waals surface area contributed by atoms with Gasteiger partial charge in [-0.05, 0) is 24.3 Å². The van der Waals surface area contributed by atoms with Gasteiger partial charge in [0.2, 0.25) is 0 Å². The fourth-order valence-corrected chi connectivity index (χ4v) is 4.35. The molecule has 8 nitrogen and oxygen atoms in total. The zero-order chi connectivity index (χ0) is 23.3. The average Bonchev–Trinajstić information content (AvgIpc) is 3.32. The molecule has 5 rings (SSSR count). The summed E-state index contributed by atoms with van der Waals surface area (Å²) in [5.41, 5.74) is 3.22. The molecule has 9 heteroatoms. The third-order valence-electron chi connectivity index (χ3n) is 4.98. The fraction of sp³-hybridized carbons (Fsp3) is 0.0800. The first kappa shape index (κ1) is 21.6. The number of aromatic nitrogens is 4. The number of aliphatic hydroxyl groups excluding tert-OH is 1. The van der Waals surface area contributed by atoms with Crippen LogP contribution in [0.4, 0.5) is 11.5 Å². The number of nitrogens with zero attached hydrogens (tertiary/aromatic N) is 4. The highest BCUT2D eigenvalue weighted by Gasteiger charge is 2.17. The number of carbonyl (C=O) groups excluding carboxylic acids is 1. The van der Waals surface area contributed by atoms with E-state index in [9.17, 15) is 9.90 Å². The highest BCUT2D eigenvalue weighted by Crippen LogP contribution is 2.33. The topological polar surface area (TPSA) is 113 Å². The van der Waals surface area contributed by atoms with Gasteiger partial charge in [-0.1, -0.05) is 53.8 Å². The van der Waals surface area contributed by atoms with Crippen LogP contribution in [0, 0.1) is 0 Å². The van der Waals surface area contributed by atoms with Gasteiger partial charge in [0.15, 0.2) is 5.82 Å². The summed E-state index contributed by atoms with van der Waals surface area (Å²) in [6.07, 6.45) is 1.74. The molecule has 34 heavy (non-hydrogen) atoms. The molecule has 168 valence electrons. The van der Waals surface area contributed by atoms with Crippen LogP contribution in [-0.4, -0.2) is 44.1 Å². The number of benzene rings is 2. The van der Waals surface area contributed by atoms with Gasteiger partial charge >= 0.3 is 0 Å². The third kappa shape index (κ3) is 4.61. The van der Waals surface area contributed by atoms with Crippen molar-refractivity contribution in [1.82, 2.24) is 19.9 Å². The molecule has 0 radical (unpaired) electrons. The van der Waals surface area contributed by atoms with Gasteiger partial charge in [-0.25, -0.2) is 19.9 Å². The minimum Gasteiger partial charge on any atom is -0.395 e. The number of aliphatic hydroxyl groups is 1. The van der Waals surface area contributed by atoms with E-state index in [0.29, 0.717) is 23.9 Å². The lowest BCUT2D eigenvalue weighted by Gasteiger charge is -2.12. The molecule has 0 bridgehead atoms. The number of fused-ring (bicyclic) bond motifs is 1. The van der Waals surface area contributed by atoms with E-state index in [0.717, 1.165) is 26.5 Å². The number of thiazole rings is 1. The number of rotatable bonds is 7. The Kier molecular flexibility index (Phi) is 6.19. The SMILES string of the molecule is O=C(Nc1ccccc1-c1nc2cccnc2s1)c1cc(NCCO)nc(-c2ccccc2)n1. The monoisotopic (exact) mass is 468 g/mol. The second-order valence-corrected chi connectivity index (χ2v) is 8.30. The molecule has 0 fully saturated rings. The number of nitrogens with one attached hydrogen (secondary N) is 2. The van der Waals surface area contributed by atoms with Gasteiger partial charge in [0, 0.05) is 29.9 Å². The molecule has 0 aliphatic heterocycles. The normalized spacial score (nSPS) is 10.9. The second kappa shape index (κ2) is 9.74. The molecule has 1 amide bonds. The van der Waals surface area contributed by atoms with Crippen molar-refractivity contribution >= 4 is 39.1 Å². The molecule has 3 aromatic heterocycles. The maximum Gasteiger partial charge on any atom is 0.274 e. The molecule has 0 aliphatic carbocycles. The molecule has 0 spiro atoms. The number of pyridine rings is 1. The Morgan fingerprint density at radius 2 is 1.76 bits per heavy atom. The van der Waals surface area contributed by atoms with Crippen molar-refractivity contribution in [1.29, 1.82) is 0 Å². The molecule has 2 aromatic carbocycles. The molecular weight excluding hydrogens is 448 g/mol. The Labute approximate surface area is 199 Å². The van der Waals surface area contributed by atoms with Crippen molar-refractivity contribution in [2.24, 2.45) is 0 Å². The summed E-state index contributed by atoms with van der Waals surface area (Å²) >= 11 is 1.47. The van der Waals surface area contributed by atoms with Gasteiger partial charge in [-0.2, -0.15) is 0 Å². The predicted molar refractivity (Wildman–Crippen MR) is 134 cm³/mol. The highest BCUT2D eigenvalue weighted by atomic mass is 32.1. The van der Waals surface area contributed by atoms with E-state index < -0.39 is 0 Å². The van der Waals surface area contributed by atoms with Gasteiger partial charge in [0.05, 0.1) is 12.3 Å². The van der Waals surface area contributed by atoms with Gasteiger partial charge in [-0.15, -0.1) is 0 Å². The van der Waals surface area contributed by atoms with Gasteiger partial charge in [0.1, 0.15) is 26.9 Å². The van der Waals surface area contributed by atoms with Crippen LogP contribution >= 0.6 is 11.3 Å². The summed E-state index contributed by atoms with van der Waals surface area (Å²) in [6, 6.07) is 22.3. The number of hydrogen-bond acceptors (Lipinski definition) is 8. The average molecular weight is 469 g/mol. The lowest BCUT2D eigenvalue weighted by atomic mass is 10.1. The summed E-state index contributed by atoms with van der Waals surface area (Å²) in [6.45, 7) is 0.247. The Balaban J connectivity index is 1.49. The number of para-hydroxylation sites is 1. The van der Waals surface area contributed by atoms with Crippen LogP contribution in [0.1, 0.15) is 10.5 Å². The molecule has 0 unspecified atom stereocenters. The van der Waals surface area contributed by atoms with Crippen molar-refractivity contribution in [3.8, 4) is 22.0 Å². The first-order chi connectivity index (χ1) is 16.7. The van der Waals surface area contributed by atoms with Crippen molar-refractivity contribution in [3.05, 3.63) is 84.7 Å². The quantitative estimate of drug-likeness (QED) is 0.323. The number of hydrogen-bond donors (Lipinski definition) is 3. The Morgan fingerprint density at radius 3 is 2.59 bits per heavy atom. The number of anilines is 2. The fourth-order valence-electron chi connectivity index (χ4n) is 3.40. The van der Waals surface area contributed by atoms with E-state index in [2.05, 4.69) is 30.6 Å². The van der Waals surface area contributed by atoms with E-state index >= 15 is 0 Å². The molecular formula is C25H20N6O2S. The van der Waals surface area contributed by atoms with Gasteiger partial charge < -0.3 is 15.7 Å². The molecule has 0 saturated carbocycles. The Bertz CT molecular complexity index is 1420. The van der Waals surface area contributed by atoms with E-state index in [1.54, 1.807) is 12.3 Å². The standard InChI is InChI=1S/C25H20N6O2S/c32-14-13-26-21-15-20(28-22(31-21)16-7-2-1-3-8-16)23(33)29-18-10-5-4-9-17(18)24-30-19-11-6-12-27-25(19)34-24/h1-12,15,32H,13-14H2,(H,29,33)(H,26,28,31). The van der Waals surface area contributed by atoms with Crippen LogP contribution in [0.5, 0.6) is 0 Å². The molecule has 5 aromatic rings. The maximum absolute atomic E-state index is 13.3. The number of carbonyl (C=O) groups is 1. The van der Waals surface area contributed by atoms with Gasteiger partial charge in [0.25, 0.3) is 5.91 Å². The molecule has 3 heterocycles. The lowest BCUT2D eigenvalue weighted by molar-refractivity contribution is 0.102. The first-order valence-corrected chi connectivity index (χ1v) is 11.4. The van der Waals surface area contributed by atoms with Crippen LogP contribution < -0.4 is 10.6 Å². The minimum atomic E-state index is -0.377. The summed E-state index contributed by atoms with van der Waals surface area (Å²) in [4.78, 5) is 32.1.